The number of hydrogen-bond donors (Lipinski definition) is 1. The maximum Gasteiger partial charge on any atom is 0.255 e. The van der Waals surface area contributed by atoms with Crippen LogP contribution < -0.4 is 0 Å². The van der Waals surface area contributed by atoms with Crippen molar-refractivity contribution in [3.05, 3.63) is 29.6 Å². The van der Waals surface area contributed by atoms with Crippen LogP contribution in [-0.4, -0.2) is 54.3 Å². The van der Waals surface area contributed by atoms with Crippen LogP contribution in [-0.2, 0) is 4.74 Å². The zero-order chi connectivity index (χ0) is 12.7. The normalized spacial score (nSPS) is 10.3. The zero-order valence-corrected chi connectivity index (χ0v) is 10.2. The SMILES string of the molecule is COCCN(CCO)C(=O)c1ccc(C)nc1. The van der Waals surface area contributed by atoms with Gasteiger partial charge in [-0.05, 0) is 19.1 Å². The molecule has 1 heterocycles. The van der Waals surface area contributed by atoms with Crippen LogP contribution in [0.15, 0.2) is 18.3 Å². The van der Waals surface area contributed by atoms with Gasteiger partial charge in [0.05, 0.1) is 18.8 Å². The molecule has 17 heavy (non-hydrogen) atoms. The fourth-order valence-electron chi connectivity index (χ4n) is 1.41. The highest BCUT2D eigenvalue weighted by molar-refractivity contribution is 5.93. The molecule has 1 aromatic rings. The van der Waals surface area contributed by atoms with Gasteiger partial charge >= 0.3 is 0 Å². The van der Waals surface area contributed by atoms with Crippen LogP contribution in [0.2, 0.25) is 0 Å². The van der Waals surface area contributed by atoms with Crippen molar-refractivity contribution in [2.75, 3.05) is 33.4 Å². The molecular weight excluding hydrogens is 220 g/mol. The van der Waals surface area contributed by atoms with E-state index in [2.05, 4.69) is 4.98 Å². The topological polar surface area (TPSA) is 62.7 Å². The maximum absolute atomic E-state index is 12.1. The van der Waals surface area contributed by atoms with Crippen molar-refractivity contribution in [2.45, 2.75) is 6.92 Å². The van der Waals surface area contributed by atoms with Gasteiger partial charge in [0.25, 0.3) is 5.91 Å². The highest BCUT2D eigenvalue weighted by atomic mass is 16.5. The van der Waals surface area contributed by atoms with E-state index >= 15 is 0 Å². The molecule has 1 aromatic heterocycles. The highest BCUT2D eigenvalue weighted by Gasteiger charge is 2.14. The van der Waals surface area contributed by atoms with Gasteiger partial charge in [0.1, 0.15) is 0 Å². The lowest BCUT2D eigenvalue weighted by atomic mass is 10.2. The van der Waals surface area contributed by atoms with E-state index in [1.54, 1.807) is 30.3 Å². The standard InChI is InChI=1S/C12H18N2O3/c1-10-3-4-11(9-13-10)12(16)14(5-7-15)6-8-17-2/h3-4,9,15H,5-8H2,1-2H3. The van der Waals surface area contributed by atoms with Crippen molar-refractivity contribution < 1.29 is 14.6 Å². The number of hydrogen-bond acceptors (Lipinski definition) is 4. The van der Waals surface area contributed by atoms with Crippen LogP contribution in [0.1, 0.15) is 16.1 Å². The fraction of sp³-hybridized carbons (Fsp3) is 0.500. The molecule has 0 aliphatic heterocycles. The van der Waals surface area contributed by atoms with E-state index < -0.39 is 0 Å². The lowest BCUT2D eigenvalue weighted by Crippen LogP contribution is -2.36. The number of aliphatic hydroxyl groups excluding tert-OH is 1. The molecule has 0 unspecified atom stereocenters. The second-order valence-corrected chi connectivity index (χ2v) is 3.70. The Bertz CT molecular complexity index is 351. The van der Waals surface area contributed by atoms with E-state index in [-0.39, 0.29) is 12.5 Å². The van der Waals surface area contributed by atoms with Crippen molar-refractivity contribution >= 4 is 5.91 Å². The molecule has 1 N–H and O–H groups in total. The van der Waals surface area contributed by atoms with Crippen molar-refractivity contribution in [1.82, 2.24) is 9.88 Å². The summed E-state index contributed by atoms with van der Waals surface area (Å²) in [6.45, 7) is 3.02. The largest absolute Gasteiger partial charge is 0.395 e. The molecule has 0 aliphatic carbocycles. The minimum atomic E-state index is -0.136. The minimum Gasteiger partial charge on any atom is -0.395 e. The second-order valence-electron chi connectivity index (χ2n) is 3.70. The first-order chi connectivity index (χ1) is 8.19. The summed E-state index contributed by atoms with van der Waals surface area (Å²) in [5.74, 6) is -0.136. The van der Waals surface area contributed by atoms with Crippen molar-refractivity contribution in [3.63, 3.8) is 0 Å². The van der Waals surface area contributed by atoms with E-state index in [1.807, 2.05) is 6.92 Å². The van der Waals surface area contributed by atoms with Gasteiger partial charge in [-0.15, -0.1) is 0 Å². The number of carbonyl (C=O) groups excluding carboxylic acids is 1. The first-order valence-electron chi connectivity index (χ1n) is 5.50. The van der Waals surface area contributed by atoms with Gasteiger partial charge < -0.3 is 14.7 Å². The number of aromatic nitrogens is 1. The molecule has 0 saturated carbocycles. The number of pyridine rings is 1. The predicted molar refractivity (Wildman–Crippen MR) is 63.8 cm³/mol. The molecule has 5 heteroatoms. The number of amides is 1. The van der Waals surface area contributed by atoms with Crippen LogP contribution in [0.3, 0.4) is 0 Å². The molecule has 0 saturated heterocycles. The fourth-order valence-corrected chi connectivity index (χ4v) is 1.41. The Labute approximate surface area is 101 Å². The molecule has 0 atom stereocenters. The van der Waals surface area contributed by atoms with Gasteiger partial charge in [-0.3, -0.25) is 9.78 Å². The molecule has 0 bridgehead atoms. The number of methoxy groups -OCH3 is 1. The van der Waals surface area contributed by atoms with E-state index in [1.165, 1.54) is 0 Å². The summed E-state index contributed by atoms with van der Waals surface area (Å²) in [5, 5.41) is 8.93. The molecule has 1 rings (SSSR count). The Morgan fingerprint density at radius 3 is 2.76 bits per heavy atom. The number of nitrogens with zero attached hydrogens (tertiary/aromatic N) is 2. The molecular formula is C12H18N2O3. The van der Waals surface area contributed by atoms with Crippen LogP contribution in [0.4, 0.5) is 0 Å². The van der Waals surface area contributed by atoms with Gasteiger partial charge in [-0.25, -0.2) is 0 Å². The Morgan fingerprint density at radius 2 is 2.24 bits per heavy atom. The third-order valence-corrected chi connectivity index (χ3v) is 2.38. The van der Waals surface area contributed by atoms with Gasteiger partial charge in [0, 0.05) is 32.1 Å². The molecule has 0 aliphatic rings. The summed E-state index contributed by atoms with van der Waals surface area (Å²) in [6.07, 6.45) is 1.55. The van der Waals surface area contributed by atoms with Gasteiger partial charge in [0.15, 0.2) is 0 Å². The Hall–Kier alpha value is -1.46. The van der Waals surface area contributed by atoms with E-state index in [0.717, 1.165) is 5.69 Å². The molecule has 5 nitrogen and oxygen atoms in total. The number of carbonyl (C=O) groups is 1. The summed E-state index contributed by atoms with van der Waals surface area (Å²) in [6, 6.07) is 3.53. The lowest BCUT2D eigenvalue weighted by Gasteiger charge is -2.21. The smallest absolute Gasteiger partial charge is 0.255 e. The number of aliphatic hydroxyl groups is 1. The average Bonchev–Trinajstić information content (AvgIpc) is 2.34. The first kappa shape index (κ1) is 13.6. The summed E-state index contributed by atoms with van der Waals surface area (Å²) in [7, 11) is 1.58. The third-order valence-electron chi connectivity index (χ3n) is 2.38. The van der Waals surface area contributed by atoms with Crippen LogP contribution in [0, 0.1) is 6.92 Å². The van der Waals surface area contributed by atoms with Gasteiger partial charge in [-0.2, -0.15) is 0 Å². The second kappa shape index (κ2) is 6.98. The van der Waals surface area contributed by atoms with Crippen molar-refractivity contribution in [3.8, 4) is 0 Å². The molecule has 94 valence electrons. The summed E-state index contributed by atoms with van der Waals surface area (Å²) in [4.78, 5) is 17.7. The summed E-state index contributed by atoms with van der Waals surface area (Å²) in [5.41, 5.74) is 1.40. The maximum atomic E-state index is 12.1. The Balaban J connectivity index is 2.72. The van der Waals surface area contributed by atoms with E-state index in [9.17, 15) is 4.79 Å². The Kier molecular flexibility index (Phi) is 5.59. The van der Waals surface area contributed by atoms with Crippen molar-refractivity contribution in [1.29, 1.82) is 0 Å². The number of aryl methyl sites for hydroxylation is 1. The monoisotopic (exact) mass is 238 g/mol. The molecule has 0 fully saturated rings. The molecule has 1 amide bonds. The Morgan fingerprint density at radius 1 is 1.47 bits per heavy atom. The van der Waals surface area contributed by atoms with E-state index in [4.69, 9.17) is 9.84 Å². The van der Waals surface area contributed by atoms with Crippen molar-refractivity contribution in [2.24, 2.45) is 0 Å². The zero-order valence-electron chi connectivity index (χ0n) is 10.2. The third kappa shape index (κ3) is 4.13. The molecule has 0 spiro atoms. The van der Waals surface area contributed by atoms with Gasteiger partial charge in [0.2, 0.25) is 0 Å². The molecule has 0 radical (unpaired) electrons. The first-order valence-corrected chi connectivity index (χ1v) is 5.50. The van der Waals surface area contributed by atoms with Crippen LogP contribution in [0.5, 0.6) is 0 Å². The summed E-state index contributed by atoms with van der Waals surface area (Å²) >= 11 is 0. The van der Waals surface area contributed by atoms with Gasteiger partial charge in [-0.1, -0.05) is 0 Å². The summed E-state index contributed by atoms with van der Waals surface area (Å²) < 4.78 is 4.93. The van der Waals surface area contributed by atoms with Crippen LogP contribution in [0.25, 0.3) is 0 Å². The molecule has 0 aromatic carbocycles. The number of rotatable bonds is 6. The highest BCUT2D eigenvalue weighted by Crippen LogP contribution is 2.04. The predicted octanol–water partition coefficient (Wildman–Crippen LogP) is 0.471. The minimum absolute atomic E-state index is 0.0608. The van der Waals surface area contributed by atoms with Crippen LogP contribution >= 0.6 is 0 Å². The lowest BCUT2D eigenvalue weighted by molar-refractivity contribution is 0.0656. The average molecular weight is 238 g/mol. The van der Waals surface area contributed by atoms with E-state index in [0.29, 0.717) is 25.3 Å². The quantitative estimate of drug-likeness (QED) is 0.782. The number of ether oxygens (including phenoxy) is 1.